The van der Waals surface area contributed by atoms with Crippen LogP contribution in [0.2, 0.25) is 0 Å². The van der Waals surface area contributed by atoms with Crippen LogP contribution in [0.25, 0.3) is 0 Å². The van der Waals surface area contributed by atoms with E-state index in [9.17, 15) is 14.5 Å². The van der Waals surface area contributed by atoms with Gasteiger partial charge >= 0.3 is 0 Å². The number of nitro benzene ring substituents is 1. The van der Waals surface area contributed by atoms with E-state index in [0.29, 0.717) is 6.54 Å². The summed E-state index contributed by atoms with van der Waals surface area (Å²) in [5.74, 6) is -0.520. The minimum absolute atomic E-state index is 0.109. The van der Waals surface area contributed by atoms with Gasteiger partial charge in [0.25, 0.3) is 5.69 Å². The number of imidazole rings is 1. The Kier molecular flexibility index (Phi) is 3.74. The van der Waals surface area contributed by atoms with Crippen molar-refractivity contribution in [1.29, 1.82) is 0 Å². The number of nitro groups is 1. The molecule has 0 saturated carbocycles. The lowest BCUT2D eigenvalue weighted by Gasteiger charge is -2.09. The number of aromatic nitrogens is 2. The standard InChI is InChI=1S/C12H13FN4O2/c1-2-16-8-14-6-10(16)7-15-12-5-9(17(18)19)3-4-11(12)13/h3-6,8,15H,2,7H2,1H3. The van der Waals surface area contributed by atoms with E-state index >= 15 is 0 Å². The number of hydrogen-bond donors (Lipinski definition) is 1. The molecule has 7 heteroatoms. The summed E-state index contributed by atoms with van der Waals surface area (Å²) in [6.45, 7) is 3.08. The van der Waals surface area contributed by atoms with Crippen LogP contribution in [-0.2, 0) is 13.1 Å². The first-order valence-electron chi connectivity index (χ1n) is 5.78. The maximum absolute atomic E-state index is 13.5. The number of nitrogens with one attached hydrogen (secondary N) is 1. The molecule has 0 unspecified atom stereocenters. The van der Waals surface area contributed by atoms with Gasteiger partial charge in [0.05, 0.1) is 29.2 Å². The number of halogens is 1. The second kappa shape index (κ2) is 5.47. The fraction of sp³-hybridized carbons (Fsp3) is 0.250. The van der Waals surface area contributed by atoms with Crippen molar-refractivity contribution in [2.75, 3.05) is 5.32 Å². The number of benzene rings is 1. The van der Waals surface area contributed by atoms with Crippen molar-refractivity contribution in [3.63, 3.8) is 0 Å². The Balaban J connectivity index is 2.15. The SMILES string of the molecule is CCn1cncc1CNc1cc([N+](=O)[O-])ccc1F. The molecular formula is C12H13FN4O2. The molecule has 19 heavy (non-hydrogen) atoms. The Morgan fingerprint density at radius 1 is 1.53 bits per heavy atom. The summed E-state index contributed by atoms with van der Waals surface area (Å²) in [5, 5.41) is 13.5. The molecule has 1 aromatic heterocycles. The highest BCUT2D eigenvalue weighted by atomic mass is 19.1. The minimum atomic E-state index is -0.555. The normalized spacial score (nSPS) is 10.4. The van der Waals surface area contributed by atoms with Gasteiger partial charge in [0, 0.05) is 24.9 Å². The molecule has 0 saturated heterocycles. The van der Waals surface area contributed by atoms with Crippen molar-refractivity contribution in [3.8, 4) is 0 Å². The molecule has 0 fully saturated rings. The van der Waals surface area contributed by atoms with Crippen LogP contribution in [0.5, 0.6) is 0 Å². The zero-order valence-corrected chi connectivity index (χ0v) is 10.3. The van der Waals surface area contributed by atoms with E-state index in [4.69, 9.17) is 0 Å². The average molecular weight is 264 g/mol. The first-order valence-corrected chi connectivity index (χ1v) is 5.78. The van der Waals surface area contributed by atoms with Gasteiger partial charge in [-0.3, -0.25) is 10.1 Å². The van der Waals surface area contributed by atoms with Crippen molar-refractivity contribution < 1.29 is 9.31 Å². The lowest BCUT2D eigenvalue weighted by Crippen LogP contribution is -2.07. The molecule has 2 rings (SSSR count). The Bertz CT molecular complexity index is 597. The molecule has 0 atom stereocenters. The van der Waals surface area contributed by atoms with Gasteiger partial charge in [-0.2, -0.15) is 0 Å². The Morgan fingerprint density at radius 2 is 2.32 bits per heavy atom. The Hall–Kier alpha value is -2.44. The maximum atomic E-state index is 13.5. The van der Waals surface area contributed by atoms with Crippen LogP contribution in [-0.4, -0.2) is 14.5 Å². The molecule has 0 aliphatic rings. The minimum Gasteiger partial charge on any atom is -0.377 e. The van der Waals surface area contributed by atoms with Crippen LogP contribution in [0.4, 0.5) is 15.8 Å². The summed E-state index contributed by atoms with van der Waals surface area (Å²) in [5.41, 5.74) is 0.847. The number of aryl methyl sites for hydroxylation is 1. The summed E-state index contributed by atoms with van der Waals surface area (Å²) < 4.78 is 15.4. The summed E-state index contributed by atoms with van der Waals surface area (Å²) in [6.07, 6.45) is 3.35. The van der Waals surface area contributed by atoms with E-state index < -0.39 is 10.7 Å². The lowest BCUT2D eigenvalue weighted by molar-refractivity contribution is -0.384. The van der Waals surface area contributed by atoms with Crippen molar-refractivity contribution in [1.82, 2.24) is 9.55 Å². The van der Waals surface area contributed by atoms with Gasteiger partial charge in [0.1, 0.15) is 5.82 Å². The molecule has 0 spiro atoms. The van der Waals surface area contributed by atoms with E-state index in [1.165, 1.54) is 6.07 Å². The first-order chi connectivity index (χ1) is 9.11. The molecule has 6 nitrogen and oxygen atoms in total. The fourth-order valence-corrected chi connectivity index (χ4v) is 1.73. The molecule has 100 valence electrons. The molecular weight excluding hydrogens is 251 g/mol. The number of anilines is 1. The topological polar surface area (TPSA) is 73.0 Å². The molecule has 2 aromatic rings. The lowest BCUT2D eigenvalue weighted by atomic mass is 10.2. The number of nitrogens with zero attached hydrogens (tertiary/aromatic N) is 3. The van der Waals surface area contributed by atoms with Gasteiger partial charge in [0.2, 0.25) is 0 Å². The molecule has 0 amide bonds. The second-order valence-electron chi connectivity index (χ2n) is 3.95. The van der Waals surface area contributed by atoms with Gasteiger partial charge < -0.3 is 9.88 Å². The molecule has 0 aliphatic carbocycles. The largest absolute Gasteiger partial charge is 0.377 e. The van der Waals surface area contributed by atoms with Gasteiger partial charge in [-0.25, -0.2) is 9.37 Å². The predicted molar refractivity (Wildman–Crippen MR) is 68.3 cm³/mol. The molecule has 1 N–H and O–H groups in total. The smallest absolute Gasteiger partial charge is 0.271 e. The van der Waals surface area contributed by atoms with Crippen molar-refractivity contribution in [2.45, 2.75) is 20.0 Å². The van der Waals surface area contributed by atoms with Crippen LogP contribution in [0, 0.1) is 15.9 Å². The highest BCUT2D eigenvalue weighted by molar-refractivity contribution is 5.52. The Labute approximate surface area is 109 Å². The van der Waals surface area contributed by atoms with Crippen LogP contribution in [0.3, 0.4) is 0 Å². The number of rotatable bonds is 5. The van der Waals surface area contributed by atoms with Crippen LogP contribution < -0.4 is 5.32 Å². The summed E-state index contributed by atoms with van der Waals surface area (Å²) in [6, 6.07) is 3.40. The van der Waals surface area contributed by atoms with E-state index in [-0.39, 0.29) is 11.4 Å². The van der Waals surface area contributed by atoms with Crippen molar-refractivity contribution >= 4 is 11.4 Å². The third-order valence-corrected chi connectivity index (χ3v) is 2.76. The number of hydrogen-bond acceptors (Lipinski definition) is 4. The van der Waals surface area contributed by atoms with Crippen LogP contribution >= 0.6 is 0 Å². The number of non-ortho nitro benzene ring substituents is 1. The van der Waals surface area contributed by atoms with E-state index in [1.807, 2.05) is 11.5 Å². The Morgan fingerprint density at radius 3 is 3.00 bits per heavy atom. The monoisotopic (exact) mass is 264 g/mol. The zero-order chi connectivity index (χ0) is 13.8. The van der Waals surface area contributed by atoms with Gasteiger partial charge in [-0.05, 0) is 13.0 Å². The molecule has 1 aromatic carbocycles. The average Bonchev–Trinajstić information content (AvgIpc) is 2.85. The highest BCUT2D eigenvalue weighted by Crippen LogP contribution is 2.21. The summed E-state index contributed by atoms with van der Waals surface area (Å²) in [4.78, 5) is 14.1. The quantitative estimate of drug-likeness (QED) is 0.665. The van der Waals surface area contributed by atoms with Gasteiger partial charge in [0.15, 0.2) is 0 Å². The third kappa shape index (κ3) is 2.87. The predicted octanol–water partition coefficient (Wildman–Crippen LogP) is 2.56. The third-order valence-electron chi connectivity index (χ3n) is 2.76. The molecule has 1 heterocycles. The van der Waals surface area contributed by atoms with E-state index in [1.54, 1.807) is 12.5 Å². The fourth-order valence-electron chi connectivity index (χ4n) is 1.73. The van der Waals surface area contributed by atoms with Gasteiger partial charge in [-0.15, -0.1) is 0 Å². The molecule has 0 radical (unpaired) electrons. The highest BCUT2D eigenvalue weighted by Gasteiger charge is 2.11. The molecule has 0 aliphatic heterocycles. The van der Waals surface area contributed by atoms with E-state index in [0.717, 1.165) is 24.4 Å². The van der Waals surface area contributed by atoms with Crippen molar-refractivity contribution in [3.05, 3.63) is 52.3 Å². The summed E-state index contributed by atoms with van der Waals surface area (Å²) in [7, 11) is 0. The van der Waals surface area contributed by atoms with Crippen LogP contribution in [0.15, 0.2) is 30.7 Å². The van der Waals surface area contributed by atoms with E-state index in [2.05, 4.69) is 10.3 Å². The van der Waals surface area contributed by atoms with Gasteiger partial charge in [-0.1, -0.05) is 0 Å². The van der Waals surface area contributed by atoms with Crippen molar-refractivity contribution in [2.24, 2.45) is 0 Å². The maximum Gasteiger partial charge on any atom is 0.271 e. The summed E-state index contributed by atoms with van der Waals surface area (Å²) >= 11 is 0. The first kappa shape index (κ1) is 13.0. The zero-order valence-electron chi connectivity index (χ0n) is 10.3. The molecule has 0 bridgehead atoms. The van der Waals surface area contributed by atoms with Crippen LogP contribution in [0.1, 0.15) is 12.6 Å². The second-order valence-corrected chi connectivity index (χ2v) is 3.95.